The maximum Gasteiger partial charge on any atom is 0.416 e. The summed E-state index contributed by atoms with van der Waals surface area (Å²) in [6.45, 7) is 0. The van der Waals surface area contributed by atoms with Gasteiger partial charge in [0, 0.05) is 18.2 Å². The van der Waals surface area contributed by atoms with Gasteiger partial charge in [-0.05, 0) is 11.6 Å². The molecule has 0 unspecified atom stereocenters. The van der Waals surface area contributed by atoms with Crippen molar-refractivity contribution in [3.63, 3.8) is 0 Å². The van der Waals surface area contributed by atoms with Gasteiger partial charge in [0.25, 0.3) is 5.56 Å². The molecule has 0 saturated heterocycles. The SMILES string of the molecule is O=c1[nH]cc(Cc2cccc(C(F)(F)F)c2)c(=O)[nH]1. The maximum atomic E-state index is 12.5. The average Bonchev–Trinajstić information content (AvgIpc) is 2.32. The Hall–Kier alpha value is -2.31. The lowest BCUT2D eigenvalue weighted by Gasteiger charge is -2.08. The summed E-state index contributed by atoms with van der Waals surface area (Å²) in [5, 5.41) is 0. The number of nitrogens with one attached hydrogen (secondary N) is 2. The summed E-state index contributed by atoms with van der Waals surface area (Å²) >= 11 is 0. The van der Waals surface area contributed by atoms with E-state index < -0.39 is 23.0 Å². The number of benzene rings is 1. The van der Waals surface area contributed by atoms with Crippen LogP contribution in [0, 0.1) is 0 Å². The minimum absolute atomic E-state index is 0.00995. The Morgan fingerprint density at radius 1 is 1.16 bits per heavy atom. The topological polar surface area (TPSA) is 65.7 Å². The number of hydrogen-bond acceptors (Lipinski definition) is 2. The predicted molar refractivity (Wildman–Crippen MR) is 61.9 cm³/mol. The molecule has 0 aliphatic heterocycles. The molecule has 0 spiro atoms. The van der Waals surface area contributed by atoms with E-state index in [1.54, 1.807) is 0 Å². The van der Waals surface area contributed by atoms with Gasteiger partial charge in [0.15, 0.2) is 0 Å². The summed E-state index contributed by atoms with van der Waals surface area (Å²) in [6.07, 6.45) is -3.22. The van der Waals surface area contributed by atoms with Gasteiger partial charge in [0.1, 0.15) is 0 Å². The van der Waals surface area contributed by atoms with E-state index in [9.17, 15) is 22.8 Å². The van der Waals surface area contributed by atoms with Crippen LogP contribution in [0.1, 0.15) is 16.7 Å². The number of aromatic amines is 2. The number of H-pyrrole nitrogens is 2. The first-order chi connectivity index (χ1) is 8.86. The molecule has 19 heavy (non-hydrogen) atoms. The molecule has 1 aromatic carbocycles. The second-order valence-corrected chi connectivity index (χ2v) is 3.97. The fraction of sp³-hybridized carbons (Fsp3) is 0.167. The summed E-state index contributed by atoms with van der Waals surface area (Å²) in [6, 6.07) is 4.70. The van der Waals surface area contributed by atoms with Crippen molar-refractivity contribution in [3.8, 4) is 0 Å². The largest absolute Gasteiger partial charge is 0.416 e. The quantitative estimate of drug-likeness (QED) is 0.871. The van der Waals surface area contributed by atoms with Gasteiger partial charge in [0.2, 0.25) is 0 Å². The number of aromatic nitrogens is 2. The lowest BCUT2D eigenvalue weighted by molar-refractivity contribution is -0.137. The third-order valence-electron chi connectivity index (χ3n) is 2.55. The molecule has 0 aliphatic rings. The van der Waals surface area contributed by atoms with Gasteiger partial charge in [-0.1, -0.05) is 18.2 Å². The molecule has 2 aromatic rings. The Morgan fingerprint density at radius 2 is 1.89 bits per heavy atom. The lowest BCUT2D eigenvalue weighted by atomic mass is 10.0. The first kappa shape index (κ1) is 13.1. The molecule has 1 aromatic heterocycles. The van der Waals surface area contributed by atoms with Gasteiger partial charge < -0.3 is 4.98 Å². The van der Waals surface area contributed by atoms with Gasteiger partial charge >= 0.3 is 11.9 Å². The molecule has 0 aliphatic carbocycles. The van der Waals surface area contributed by atoms with Crippen molar-refractivity contribution in [2.24, 2.45) is 0 Å². The third kappa shape index (κ3) is 3.12. The van der Waals surface area contributed by atoms with Crippen LogP contribution in [0.15, 0.2) is 40.1 Å². The van der Waals surface area contributed by atoms with Crippen LogP contribution in [-0.2, 0) is 12.6 Å². The lowest BCUT2D eigenvalue weighted by Crippen LogP contribution is -2.24. The highest BCUT2D eigenvalue weighted by Gasteiger charge is 2.30. The molecule has 7 heteroatoms. The first-order valence-corrected chi connectivity index (χ1v) is 5.33. The average molecular weight is 270 g/mol. The number of hydrogen-bond donors (Lipinski definition) is 2. The normalized spacial score (nSPS) is 11.5. The van der Waals surface area contributed by atoms with E-state index in [0.29, 0.717) is 5.56 Å². The van der Waals surface area contributed by atoms with Crippen molar-refractivity contribution in [2.75, 3.05) is 0 Å². The van der Waals surface area contributed by atoms with Crippen molar-refractivity contribution in [3.05, 3.63) is 68.0 Å². The molecular formula is C12H9F3N2O2. The standard InChI is InChI=1S/C12H9F3N2O2/c13-12(14,15)9-3-1-2-7(5-9)4-8-6-16-11(19)17-10(8)18/h1-3,5-6H,4H2,(H2,16,17,18,19). The van der Waals surface area contributed by atoms with Crippen LogP contribution >= 0.6 is 0 Å². The van der Waals surface area contributed by atoms with Crippen LogP contribution in [0.25, 0.3) is 0 Å². The molecule has 0 bridgehead atoms. The zero-order valence-corrected chi connectivity index (χ0v) is 9.54. The van der Waals surface area contributed by atoms with Crippen molar-refractivity contribution < 1.29 is 13.2 Å². The van der Waals surface area contributed by atoms with E-state index in [2.05, 4.69) is 4.98 Å². The molecule has 0 atom stereocenters. The van der Waals surface area contributed by atoms with Gasteiger partial charge in [-0.25, -0.2) is 4.79 Å². The molecule has 0 saturated carbocycles. The van der Waals surface area contributed by atoms with Gasteiger partial charge in [0.05, 0.1) is 5.56 Å². The Kier molecular flexibility index (Phi) is 3.28. The molecule has 2 rings (SSSR count). The Labute approximate surface area is 104 Å². The minimum atomic E-state index is -4.42. The Morgan fingerprint density at radius 3 is 2.53 bits per heavy atom. The van der Waals surface area contributed by atoms with Crippen LogP contribution in [-0.4, -0.2) is 9.97 Å². The molecule has 100 valence electrons. The second kappa shape index (κ2) is 4.75. The molecule has 2 N–H and O–H groups in total. The Balaban J connectivity index is 2.34. The zero-order chi connectivity index (χ0) is 14.0. The summed E-state index contributed by atoms with van der Waals surface area (Å²) in [5.74, 6) is 0. The summed E-state index contributed by atoms with van der Waals surface area (Å²) < 4.78 is 37.6. The Bertz CT molecular complexity index is 701. The maximum absolute atomic E-state index is 12.5. The van der Waals surface area contributed by atoms with Crippen molar-refractivity contribution in [2.45, 2.75) is 12.6 Å². The minimum Gasteiger partial charge on any atom is -0.314 e. The third-order valence-corrected chi connectivity index (χ3v) is 2.55. The van der Waals surface area contributed by atoms with E-state index in [1.165, 1.54) is 18.3 Å². The van der Waals surface area contributed by atoms with E-state index in [-0.39, 0.29) is 12.0 Å². The van der Waals surface area contributed by atoms with Gasteiger partial charge in [-0.2, -0.15) is 13.2 Å². The van der Waals surface area contributed by atoms with Gasteiger partial charge in [-0.3, -0.25) is 9.78 Å². The monoisotopic (exact) mass is 270 g/mol. The van der Waals surface area contributed by atoms with E-state index >= 15 is 0 Å². The summed E-state index contributed by atoms with van der Waals surface area (Å²) in [5.41, 5.74) is -1.50. The van der Waals surface area contributed by atoms with E-state index in [4.69, 9.17) is 0 Å². The zero-order valence-electron chi connectivity index (χ0n) is 9.54. The number of alkyl halides is 3. The summed E-state index contributed by atoms with van der Waals surface area (Å²) in [7, 11) is 0. The van der Waals surface area contributed by atoms with Crippen LogP contribution < -0.4 is 11.2 Å². The van der Waals surface area contributed by atoms with Gasteiger partial charge in [-0.15, -0.1) is 0 Å². The molecule has 4 nitrogen and oxygen atoms in total. The van der Waals surface area contributed by atoms with E-state index in [0.717, 1.165) is 12.1 Å². The van der Waals surface area contributed by atoms with Crippen molar-refractivity contribution in [1.29, 1.82) is 0 Å². The summed E-state index contributed by atoms with van der Waals surface area (Å²) in [4.78, 5) is 26.5. The highest BCUT2D eigenvalue weighted by Crippen LogP contribution is 2.29. The first-order valence-electron chi connectivity index (χ1n) is 5.33. The number of rotatable bonds is 2. The van der Waals surface area contributed by atoms with E-state index in [1.807, 2.05) is 4.98 Å². The van der Waals surface area contributed by atoms with Crippen LogP contribution in [0.5, 0.6) is 0 Å². The highest BCUT2D eigenvalue weighted by molar-refractivity contribution is 5.29. The van der Waals surface area contributed by atoms with Crippen molar-refractivity contribution in [1.82, 2.24) is 9.97 Å². The number of halogens is 3. The molecule has 0 amide bonds. The van der Waals surface area contributed by atoms with Crippen LogP contribution in [0.4, 0.5) is 13.2 Å². The fourth-order valence-electron chi connectivity index (χ4n) is 1.65. The second-order valence-electron chi connectivity index (χ2n) is 3.97. The molecule has 0 radical (unpaired) electrons. The highest BCUT2D eigenvalue weighted by atomic mass is 19.4. The van der Waals surface area contributed by atoms with Crippen LogP contribution in [0.3, 0.4) is 0 Å². The van der Waals surface area contributed by atoms with Crippen molar-refractivity contribution >= 4 is 0 Å². The predicted octanol–water partition coefficient (Wildman–Crippen LogP) is 1.67. The smallest absolute Gasteiger partial charge is 0.314 e. The molecule has 1 heterocycles. The fourth-order valence-corrected chi connectivity index (χ4v) is 1.65. The van der Waals surface area contributed by atoms with Crippen LogP contribution in [0.2, 0.25) is 0 Å². The molecule has 0 fully saturated rings. The molecular weight excluding hydrogens is 261 g/mol.